The maximum absolute atomic E-state index is 13.1. The van der Waals surface area contributed by atoms with Gasteiger partial charge in [0.05, 0.1) is 23.9 Å². The van der Waals surface area contributed by atoms with Gasteiger partial charge in [0.25, 0.3) is 5.91 Å². The van der Waals surface area contributed by atoms with Gasteiger partial charge in [-0.1, -0.05) is 27.7 Å². The predicted molar refractivity (Wildman–Crippen MR) is 127 cm³/mol. The van der Waals surface area contributed by atoms with Crippen molar-refractivity contribution in [3.8, 4) is 0 Å². The number of piperazine rings is 1. The Morgan fingerprint density at radius 3 is 2.61 bits per heavy atom. The number of ether oxygens (including phenoxy) is 1. The Labute approximate surface area is 195 Å². The zero-order valence-corrected chi connectivity index (χ0v) is 20.5. The van der Waals surface area contributed by atoms with Gasteiger partial charge in [0.2, 0.25) is 0 Å². The lowest BCUT2D eigenvalue weighted by atomic mass is 9.86. The molecule has 4 rings (SSSR count). The van der Waals surface area contributed by atoms with Gasteiger partial charge in [-0.05, 0) is 31.2 Å². The van der Waals surface area contributed by atoms with E-state index in [-0.39, 0.29) is 29.4 Å². The minimum absolute atomic E-state index is 0.00152. The smallest absolute Gasteiger partial charge is 0.276 e. The number of fused-ring (bicyclic) bond motifs is 1. The number of nitrogens with one attached hydrogen (secondary N) is 1. The molecule has 8 heteroatoms. The van der Waals surface area contributed by atoms with Gasteiger partial charge in [-0.15, -0.1) is 0 Å². The number of rotatable bonds is 5. The van der Waals surface area contributed by atoms with Gasteiger partial charge in [0.15, 0.2) is 12.1 Å². The number of aromatic nitrogens is 2. The van der Waals surface area contributed by atoms with Crippen molar-refractivity contribution in [1.82, 2.24) is 14.9 Å². The highest BCUT2D eigenvalue weighted by molar-refractivity contribution is 5.92. The molecule has 4 heterocycles. The molecule has 2 aliphatic rings. The van der Waals surface area contributed by atoms with Crippen molar-refractivity contribution in [1.29, 1.82) is 5.41 Å². The third-order valence-corrected chi connectivity index (χ3v) is 6.77. The summed E-state index contributed by atoms with van der Waals surface area (Å²) in [6, 6.07) is 0.00152. The van der Waals surface area contributed by atoms with E-state index in [0.29, 0.717) is 31.9 Å². The van der Waals surface area contributed by atoms with Crippen molar-refractivity contribution in [2.24, 2.45) is 5.92 Å². The summed E-state index contributed by atoms with van der Waals surface area (Å²) in [5.74, 6) is 1.25. The molecule has 1 amide bonds. The maximum Gasteiger partial charge on any atom is 0.276 e. The summed E-state index contributed by atoms with van der Waals surface area (Å²) in [5.41, 5.74) is 4.29. The molecule has 2 aromatic rings. The Bertz CT molecular complexity index is 1030. The first-order valence-electron chi connectivity index (χ1n) is 11.8. The Balaban J connectivity index is 1.72. The second kappa shape index (κ2) is 8.89. The fourth-order valence-electron chi connectivity index (χ4n) is 4.96. The van der Waals surface area contributed by atoms with Crippen molar-refractivity contribution >= 4 is 17.9 Å². The minimum Gasteiger partial charge on any atom is -0.451 e. The molecule has 1 fully saturated rings. The summed E-state index contributed by atoms with van der Waals surface area (Å²) >= 11 is 0. The minimum atomic E-state index is -0.277. The third kappa shape index (κ3) is 4.40. The molecule has 1 saturated heterocycles. The number of anilines is 1. The summed E-state index contributed by atoms with van der Waals surface area (Å²) in [6.45, 7) is 15.2. The summed E-state index contributed by atoms with van der Waals surface area (Å²) in [7, 11) is 0. The topological polar surface area (TPSA) is 95.6 Å². The molecular formula is C25H35N5O3. The van der Waals surface area contributed by atoms with Crippen molar-refractivity contribution in [3.63, 3.8) is 0 Å². The Morgan fingerprint density at radius 1 is 1.24 bits per heavy atom. The van der Waals surface area contributed by atoms with Crippen LogP contribution < -0.4 is 4.90 Å². The van der Waals surface area contributed by atoms with E-state index in [1.54, 1.807) is 0 Å². The average molecular weight is 454 g/mol. The molecule has 0 bridgehead atoms. The monoisotopic (exact) mass is 453 g/mol. The van der Waals surface area contributed by atoms with Crippen LogP contribution >= 0.6 is 0 Å². The first-order chi connectivity index (χ1) is 15.6. The third-order valence-electron chi connectivity index (χ3n) is 6.77. The zero-order chi connectivity index (χ0) is 23.9. The lowest BCUT2D eigenvalue weighted by molar-refractivity contribution is -0.0407. The molecule has 2 aliphatic heterocycles. The highest BCUT2D eigenvalue weighted by Crippen LogP contribution is 2.38. The standard InChI is InChI=1S/C25H35N5O3/c1-15(2)21-11-29(7-8-30(21)24(31)20-13-32-14-27-20)23-18(10-26)17-9-25(5,6)33-12-19(17)22(28-23)16(3)4/h10,13-16,21,26H,7-9,11-12H2,1-6H3. The Hall–Kier alpha value is -2.74. The van der Waals surface area contributed by atoms with Gasteiger partial charge < -0.3 is 24.4 Å². The molecule has 0 aromatic carbocycles. The van der Waals surface area contributed by atoms with E-state index in [9.17, 15) is 4.79 Å². The Kier molecular flexibility index (Phi) is 6.31. The lowest BCUT2D eigenvalue weighted by Gasteiger charge is -2.44. The number of nitrogens with zero attached hydrogens (tertiary/aromatic N) is 4. The first-order valence-corrected chi connectivity index (χ1v) is 11.8. The first kappa shape index (κ1) is 23.4. The van der Waals surface area contributed by atoms with Crippen LogP contribution in [0.25, 0.3) is 0 Å². The molecule has 1 atom stereocenters. The van der Waals surface area contributed by atoms with Gasteiger partial charge in [-0.3, -0.25) is 4.79 Å². The van der Waals surface area contributed by atoms with Crippen LogP contribution in [0.2, 0.25) is 0 Å². The van der Waals surface area contributed by atoms with Crippen molar-refractivity contribution in [2.45, 2.75) is 72.1 Å². The number of amides is 1. The molecule has 8 nitrogen and oxygen atoms in total. The van der Waals surface area contributed by atoms with E-state index < -0.39 is 0 Å². The van der Waals surface area contributed by atoms with Gasteiger partial charge >= 0.3 is 0 Å². The number of hydrogen-bond acceptors (Lipinski definition) is 7. The van der Waals surface area contributed by atoms with Crippen LogP contribution in [0.5, 0.6) is 0 Å². The summed E-state index contributed by atoms with van der Waals surface area (Å²) < 4.78 is 11.1. The Morgan fingerprint density at radius 2 is 2.00 bits per heavy atom. The second-order valence-electron chi connectivity index (χ2n) is 10.3. The van der Waals surface area contributed by atoms with Crippen molar-refractivity contribution in [2.75, 3.05) is 24.5 Å². The van der Waals surface area contributed by atoms with Crippen LogP contribution in [-0.4, -0.2) is 58.3 Å². The molecule has 0 radical (unpaired) electrons. The lowest BCUT2D eigenvalue weighted by Crippen LogP contribution is -2.57. The van der Waals surface area contributed by atoms with Gasteiger partial charge in [-0.25, -0.2) is 9.97 Å². The average Bonchev–Trinajstić information content (AvgIpc) is 3.31. The zero-order valence-electron chi connectivity index (χ0n) is 20.5. The highest BCUT2D eigenvalue weighted by Gasteiger charge is 2.37. The molecule has 2 aromatic heterocycles. The SMILES string of the molecule is CC(C)c1nc(N2CCN(C(=O)c3cocn3)C(C(C)C)C2)c(C=N)c2c1COC(C)(C)C2. The van der Waals surface area contributed by atoms with E-state index in [1.807, 2.05) is 4.90 Å². The largest absolute Gasteiger partial charge is 0.451 e. The molecule has 33 heavy (non-hydrogen) atoms. The van der Waals surface area contributed by atoms with Crippen molar-refractivity contribution < 1.29 is 13.9 Å². The number of pyridine rings is 1. The molecule has 1 unspecified atom stereocenters. The number of hydrogen-bond donors (Lipinski definition) is 1. The predicted octanol–water partition coefficient (Wildman–Crippen LogP) is 4.03. The molecule has 0 aliphatic carbocycles. The fourth-order valence-corrected chi connectivity index (χ4v) is 4.96. The van der Waals surface area contributed by atoms with Crippen LogP contribution in [0.3, 0.4) is 0 Å². The number of oxazole rings is 1. The van der Waals surface area contributed by atoms with E-state index in [2.05, 4.69) is 51.4 Å². The second-order valence-corrected chi connectivity index (χ2v) is 10.3. The molecule has 0 saturated carbocycles. The number of carbonyl (C=O) groups is 1. The van der Waals surface area contributed by atoms with E-state index >= 15 is 0 Å². The van der Waals surface area contributed by atoms with Crippen LogP contribution in [0.1, 0.15) is 80.3 Å². The molecular weight excluding hydrogens is 418 g/mol. The maximum atomic E-state index is 13.1. The van der Waals surface area contributed by atoms with Gasteiger partial charge in [0.1, 0.15) is 12.1 Å². The summed E-state index contributed by atoms with van der Waals surface area (Å²) in [6.07, 6.45) is 4.90. The van der Waals surface area contributed by atoms with Crippen LogP contribution in [0, 0.1) is 11.3 Å². The normalized spacial score (nSPS) is 20.3. The quantitative estimate of drug-likeness (QED) is 0.687. The number of carbonyl (C=O) groups excluding carboxylic acids is 1. The summed E-state index contributed by atoms with van der Waals surface area (Å²) in [5, 5.41) is 8.27. The van der Waals surface area contributed by atoms with E-state index in [1.165, 1.54) is 24.4 Å². The van der Waals surface area contributed by atoms with Gasteiger partial charge in [0, 0.05) is 43.4 Å². The molecule has 178 valence electrons. The van der Waals surface area contributed by atoms with Crippen LogP contribution in [0.15, 0.2) is 17.1 Å². The van der Waals surface area contributed by atoms with Crippen molar-refractivity contribution in [3.05, 3.63) is 40.7 Å². The molecule has 0 spiro atoms. The van der Waals surface area contributed by atoms with Crippen LogP contribution in [0.4, 0.5) is 5.82 Å². The van der Waals surface area contributed by atoms with E-state index in [0.717, 1.165) is 29.1 Å². The van der Waals surface area contributed by atoms with Gasteiger partial charge in [-0.2, -0.15) is 0 Å². The molecule has 1 N–H and O–H groups in total. The van der Waals surface area contributed by atoms with E-state index in [4.69, 9.17) is 19.5 Å². The summed E-state index contributed by atoms with van der Waals surface area (Å²) in [4.78, 5) is 26.4. The highest BCUT2D eigenvalue weighted by atomic mass is 16.5. The fraction of sp³-hybridized carbons (Fsp3) is 0.600. The van der Waals surface area contributed by atoms with Crippen LogP contribution in [-0.2, 0) is 17.8 Å².